The molecule has 1 aromatic carbocycles. The van der Waals surface area contributed by atoms with Crippen molar-refractivity contribution >= 4 is 40.5 Å². The molecule has 7 heteroatoms. The average Bonchev–Trinajstić information content (AvgIpc) is 2.87. The molecule has 0 spiro atoms. The van der Waals surface area contributed by atoms with E-state index in [2.05, 4.69) is 0 Å². The molecular weight excluding hydrogens is 368 g/mol. The number of aromatic nitrogens is 1. The molecule has 0 radical (unpaired) electrons. The molecular formula is C20H21ClN2O4. The summed E-state index contributed by atoms with van der Waals surface area (Å²) in [4.78, 5) is 24.1. The fourth-order valence-corrected chi connectivity index (χ4v) is 2.69. The molecule has 0 aliphatic rings. The summed E-state index contributed by atoms with van der Waals surface area (Å²) < 4.78 is 12.0. The van der Waals surface area contributed by atoms with Gasteiger partial charge in [0.05, 0.1) is 6.61 Å². The minimum Gasteiger partial charge on any atom is -0.465 e. The van der Waals surface area contributed by atoms with Crippen LogP contribution >= 0.6 is 11.6 Å². The van der Waals surface area contributed by atoms with Crippen LogP contribution in [0.25, 0.3) is 17.0 Å². The first-order chi connectivity index (χ1) is 12.6. The number of carbonyl (C=O) groups is 2. The van der Waals surface area contributed by atoms with Crippen LogP contribution in [-0.2, 0) is 25.6 Å². The van der Waals surface area contributed by atoms with Gasteiger partial charge in [0, 0.05) is 27.7 Å². The van der Waals surface area contributed by atoms with Gasteiger partial charge in [-0.05, 0) is 52.0 Å². The lowest BCUT2D eigenvalue weighted by Gasteiger charge is -2.18. The van der Waals surface area contributed by atoms with Gasteiger partial charge in [-0.15, -0.1) is 0 Å². The molecule has 142 valence electrons. The Balaban J connectivity index is 2.50. The van der Waals surface area contributed by atoms with Crippen LogP contribution in [0.5, 0.6) is 0 Å². The maximum atomic E-state index is 12.2. The van der Waals surface area contributed by atoms with Crippen LogP contribution in [0, 0.1) is 11.3 Å². The van der Waals surface area contributed by atoms with Gasteiger partial charge in [-0.2, -0.15) is 5.26 Å². The molecule has 2 aromatic rings. The molecule has 0 saturated heterocycles. The number of benzene rings is 1. The second kappa shape index (κ2) is 8.28. The van der Waals surface area contributed by atoms with Crippen molar-refractivity contribution in [3.63, 3.8) is 0 Å². The van der Waals surface area contributed by atoms with Crippen molar-refractivity contribution in [2.24, 2.45) is 0 Å². The van der Waals surface area contributed by atoms with Crippen LogP contribution < -0.4 is 0 Å². The van der Waals surface area contributed by atoms with Crippen LogP contribution in [0.2, 0.25) is 5.02 Å². The molecule has 0 aliphatic carbocycles. The van der Waals surface area contributed by atoms with E-state index in [1.54, 1.807) is 56.7 Å². The first-order valence-corrected chi connectivity index (χ1v) is 8.81. The van der Waals surface area contributed by atoms with Gasteiger partial charge in [0.2, 0.25) is 0 Å². The van der Waals surface area contributed by atoms with Crippen molar-refractivity contribution in [2.45, 2.75) is 39.8 Å². The summed E-state index contributed by atoms with van der Waals surface area (Å²) in [5.41, 5.74) is 0.466. The highest BCUT2D eigenvalue weighted by Crippen LogP contribution is 2.27. The fourth-order valence-electron chi connectivity index (χ4n) is 2.51. The van der Waals surface area contributed by atoms with Gasteiger partial charge in [0.25, 0.3) is 0 Å². The molecule has 27 heavy (non-hydrogen) atoms. The Bertz CT molecular complexity index is 945. The molecule has 6 nitrogen and oxygen atoms in total. The number of fused-ring (bicyclic) bond motifs is 1. The van der Waals surface area contributed by atoms with E-state index in [-0.39, 0.29) is 24.7 Å². The summed E-state index contributed by atoms with van der Waals surface area (Å²) in [5.74, 6) is -1.09. The highest BCUT2D eigenvalue weighted by atomic mass is 35.5. The van der Waals surface area contributed by atoms with Gasteiger partial charge in [-0.25, -0.2) is 4.79 Å². The smallest absolute Gasteiger partial charge is 0.349 e. The average molecular weight is 389 g/mol. The fraction of sp³-hybridized carbons (Fsp3) is 0.350. The Labute approximate surface area is 162 Å². The van der Waals surface area contributed by atoms with Crippen molar-refractivity contribution in [3.05, 3.63) is 40.6 Å². The lowest BCUT2D eigenvalue weighted by molar-refractivity contribution is -0.149. The van der Waals surface area contributed by atoms with E-state index < -0.39 is 11.6 Å². The number of halogens is 1. The monoisotopic (exact) mass is 388 g/mol. The molecule has 0 bridgehead atoms. The van der Waals surface area contributed by atoms with Crippen molar-refractivity contribution in [1.82, 2.24) is 4.57 Å². The van der Waals surface area contributed by atoms with E-state index in [0.29, 0.717) is 16.0 Å². The quantitative estimate of drug-likeness (QED) is 0.437. The van der Waals surface area contributed by atoms with E-state index in [9.17, 15) is 14.9 Å². The van der Waals surface area contributed by atoms with E-state index in [0.717, 1.165) is 5.52 Å². The van der Waals surface area contributed by atoms with E-state index >= 15 is 0 Å². The Hall–Kier alpha value is -2.78. The Morgan fingerprint density at radius 1 is 1.33 bits per heavy atom. The number of nitrogens with zero attached hydrogens (tertiary/aromatic N) is 2. The minimum atomic E-state index is -0.714. The summed E-state index contributed by atoms with van der Waals surface area (Å²) in [5, 5.41) is 10.6. The summed E-state index contributed by atoms with van der Waals surface area (Å²) in [6.45, 7) is 7.21. The Kier molecular flexibility index (Phi) is 6.29. The number of esters is 2. The van der Waals surface area contributed by atoms with Gasteiger partial charge in [0.15, 0.2) is 0 Å². The summed E-state index contributed by atoms with van der Waals surface area (Å²) in [6.07, 6.45) is 3.12. The van der Waals surface area contributed by atoms with E-state index in [1.807, 2.05) is 6.07 Å². The SMILES string of the molecule is CCOC(=O)Cn1cc(/C=C(\C#N)C(=O)OC(C)(C)C)c2cc(Cl)ccc21. The highest BCUT2D eigenvalue weighted by molar-refractivity contribution is 6.31. The second-order valence-electron chi connectivity index (χ2n) is 6.85. The van der Waals surface area contributed by atoms with Crippen LogP contribution in [-0.4, -0.2) is 28.7 Å². The molecule has 0 saturated carbocycles. The normalized spacial score (nSPS) is 11.9. The van der Waals surface area contributed by atoms with E-state index in [1.165, 1.54) is 6.08 Å². The largest absolute Gasteiger partial charge is 0.465 e. The number of nitriles is 1. The van der Waals surface area contributed by atoms with Gasteiger partial charge < -0.3 is 14.0 Å². The maximum Gasteiger partial charge on any atom is 0.349 e. The van der Waals surface area contributed by atoms with Crippen LogP contribution in [0.15, 0.2) is 30.0 Å². The maximum absolute atomic E-state index is 12.2. The minimum absolute atomic E-state index is 0.00807. The van der Waals surface area contributed by atoms with Crippen molar-refractivity contribution in [2.75, 3.05) is 6.61 Å². The summed E-state index contributed by atoms with van der Waals surface area (Å²) in [6, 6.07) is 7.07. The van der Waals surface area contributed by atoms with Gasteiger partial charge in [-0.1, -0.05) is 11.6 Å². The van der Waals surface area contributed by atoms with Gasteiger partial charge >= 0.3 is 11.9 Å². The molecule has 0 aliphatic heterocycles. The summed E-state index contributed by atoms with van der Waals surface area (Å²) in [7, 11) is 0. The predicted molar refractivity (Wildman–Crippen MR) is 103 cm³/mol. The lowest BCUT2D eigenvalue weighted by Crippen LogP contribution is -2.24. The van der Waals surface area contributed by atoms with Crippen LogP contribution in [0.3, 0.4) is 0 Å². The Morgan fingerprint density at radius 3 is 2.63 bits per heavy atom. The molecule has 0 atom stereocenters. The number of carbonyl (C=O) groups excluding carboxylic acids is 2. The zero-order chi connectivity index (χ0) is 20.2. The van der Waals surface area contributed by atoms with E-state index in [4.69, 9.17) is 21.1 Å². The number of hydrogen-bond donors (Lipinski definition) is 0. The molecule has 2 rings (SSSR count). The first-order valence-electron chi connectivity index (χ1n) is 8.43. The standard InChI is InChI=1S/C20H21ClN2O4/c1-5-26-18(24)12-23-11-14(16-9-15(21)6-7-17(16)23)8-13(10-22)19(25)27-20(2,3)4/h6-9,11H,5,12H2,1-4H3/b13-8+. The third-order valence-electron chi connectivity index (χ3n) is 3.52. The molecule has 1 aromatic heterocycles. The second-order valence-corrected chi connectivity index (χ2v) is 7.29. The number of rotatable bonds is 5. The number of ether oxygens (including phenoxy) is 2. The Morgan fingerprint density at radius 2 is 2.04 bits per heavy atom. The summed E-state index contributed by atoms with van der Waals surface area (Å²) >= 11 is 6.10. The predicted octanol–water partition coefficient (Wildman–Crippen LogP) is 4.11. The molecule has 0 fully saturated rings. The molecule has 0 amide bonds. The third-order valence-corrected chi connectivity index (χ3v) is 3.75. The lowest BCUT2D eigenvalue weighted by atomic mass is 10.1. The van der Waals surface area contributed by atoms with Gasteiger partial charge in [0.1, 0.15) is 23.8 Å². The highest BCUT2D eigenvalue weighted by Gasteiger charge is 2.21. The van der Waals surface area contributed by atoms with Gasteiger partial charge in [-0.3, -0.25) is 4.79 Å². The molecule has 0 N–H and O–H groups in total. The van der Waals surface area contributed by atoms with Crippen LogP contribution in [0.1, 0.15) is 33.3 Å². The molecule has 1 heterocycles. The van der Waals surface area contributed by atoms with Crippen molar-refractivity contribution < 1.29 is 19.1 Å². The topological polar surface area (TPSA) is 81.3 Å². The first kappa shape index (κ1) is 20.5. The van der Waals surface area contributed by atoms with Crippen molar-refractivity contribution in [3.8, 4) is 6.07 Å². The zero-order valence-electron chi connectivity index (χ0n) is 15.7. The molecule has 0 unspecified atom stereocenters. The zero-order valence-corrected chi connectivity index (χ0v) is 16.5. The van der Waals surface area contributed by atoms with Crippen molar-refractivity contribution in [1.29, 1.82) is 5.26 Å². The number of hydrogen-bond acceptors (Lipinski definition) is 5. The third kappa shape index (κ3) is 5.35. The van der Waals surface area contributed by atoms with Crippen LogP contribution in [0.4, 0.5) is 0 Å².